The Morgan fingerprint density at radius 2 is 2.00 bits per heavy atom. The number of halogens is 2. The second-order valence-corrected chi connectivity index (χ2v) is 7.23. The normalized spacial score (nSPS) is 10.8. The number of carbonyl (C=O) groups excluding carboxylic acids is 1. The maximum atomic E-state index is 12.2. The molecular weight excluding hydrogens is 419 g/mol. The molecule has 1 N–H and O–H groups in total. The molecule has 0 saturated carbocycles. The van der Waals surface area contributed by atoms with Crippen LogP contribution >= 0.6 is 45.5 Å². The highest BCUT2D eigenvalue weighted by atomic mass is 127. The van der Waals surface area contributed by atoms with Crippen LogP contribution in [0.2, 0.25) is 5.02 Å². The highest BCUT2D eigenvalue weighted by Crippen LogP contribution is 2.30. The van der Waals surface area contributed by atoms with Gasteiger partial charge in [0, 0.05) is 14.2 Å². The molecule has 6 heteroatoms. The first kappa shape index (κ1) is 14.7. The summed E-state index contributed by atoms with van der Waals surface area (Å²) in [6.45, 7) is 1.95. The minimum atomic E-state index is -0.159. The number of nitrogens with one attached hydrogen (secondary N) is 1. The van der Waals surface area contributed by atoms with E-state index in [1.807, 2.05) is 31.2 Å². The van der Waals surface area contributed by atoms with E-state index in [0.29, 0.717) is 15.7 Å². The Labute approximate surface area is 144 Å². The highest BCUT2D eigenvalue weighted by molar-refractivity contribution is 14.1. The van der Waals surface area contributed by atoms with Gasteiger partial charge in [-0.15, -0.1) is 0 Å². The van der Waals surface area contributed by atoms with Crippen LogP contribution in [0.5, 0.6) is 0 Å². The Kier molecular flexibility index (Phi) is 4.14. The molecule has 3 nitrogen and oxygen atoms in total. The predicted octanol–water partition coefficient (Wildman–Crippen LogP) is 5.12. The second kappa shape index (κ2) is 5.90. The molecule has 1 aromatic heterocycles. The topological polar surface area (TPSA) is 42.0 Å². The van der Waals surface area contributed by atoms with Crippen molar-refractivity contribution in [3.05, 3.63) is 56.1 Å². The third kappa shape index (κ3) is 3.20. The van der Waals surface area contributed by atoms with E-state index < -0.39 is 0 Å². The van der Waals surface area contributed by atoms with Gasteiger partial charge >= 0.3 is 0 Å². The number of aryl methyl sites for hydroxylation is 1. The van der Waals surface area contributed by atoms with Gasteiger partial charge in [-0.05, 0) is 71.5 Å². The van der Waals surface area contributed by atoms with E-state index >= 15 is 0 Å². The summed E-state index contributed by atoms with van der Waals surface area (Å²) in [5.41, 5.74) is 2.42. The largest absolute Gasteiger partial charge is 0.298 e. The van der Waals surface area contributed by atoms with E-state index in [0.717, 1.165) is 19.4 Å². The molecule has 0 aliphatic carbocycles. The number of aromatic nitrogens is 1. The van der Waals surface area contributed by atoms with Crippen LogP contribution in [0.15, 0.2) is 36.4 Å². The molecule has 1 heterocycles. The highest BCUT2D eigenvalue weighted by Gasteiger charge is 2.11. The first-order chi connectivity index (χ1) is 10.0. The van der Waals surface area contributed by atoms with Crippen molar-refractivity contribution in [3.63, 3.8) is 0 Å². The van der Waals surface area contributed by atoms with E-state index in [9.17, 15) is 4.79 Å². The molecule has 0 saturated heterocycles. The summed E-state index contributed by atoms with van der Waals surface area (Å²) in [5.74, 6) is -0.159. The first-order valence-corrected chi connectivity index (χ1v) is 8.44. The zero-order chi connectivity index (χ0) is 15.0. The van der Waals surface area contributed by atoms with Gasteiger partial charge in [-0.2, -0.15) is 0 Å². The van der Waals surface area contributed by atoms with Crippen LogP contribution in [-0.2, 0) is 0 Å². The van der Waals surface area contributed by atoms with Gasteiger partial charge in [0.1, 0.15) is 0 Å². The number of hydrogen-bond donors (Lipinski definition) is 1. The van der Waals surface area contributed by atoms with Gasteiger partial charge in [0.2, 0.25) is 0 Å². The van der Waals surface area contributed by atoms with Crippen LogP contribution < -0.4 is 5.32 Å². The summed E-state index contributed by atoms with van der Waals surface area (Å²) in [6.07, 6.45) is 0. The number of hydrogen-bond acceptors (Lipinski definition) is 3. The van der Waals surface area contributed by atoms with Crippen LogP contribution in [0, 0.1) is 10.5 Å². The third-order valence-electron chi connectivity index (χ3n) is 3.00. The van der Waals surface area contributed by atoms with Crippen molar-refractivity contribution in [2.45, 2.75) is 6.92 Å². The lowest BCUT2D eigenvalue weighted by Gasteiger charge is -2.01. The Bertz CT molecular complexity index is 791. The quantitative estimate of drug-likeness (QED) is 0.576. The summed E-state index contributed by atoms with van der Waals surface area (Å²) < 4.78 is 2.10. The third-order valence-corrected chi connectivity index (χ3v) is 5.06. The van der Waals surface area contributed by atoms with Crippen molar-refractivity contribution in [2.24, 2.45) is 0 Å². The van der Waals surface area contributed by atoms with Crippen molar-refractivity contribution >= 4 is 66.8 Å². The number of benzene rings is 2. The van der Waals surface area contributed by atoms with Crippen molar-refractivity contribution in [1.29, 1.82) is 0 Å². The Balaban J connectivity index is 1.87. The number of rotatable bonds is 2. The van der Waals surface area contributed by atoms with Gasteiger partial charge in [-0.3, -0.25) is 10.1 Å². The number of nitrogens with zero attached hydrogens (tertiary/aromatic N) is 1. The van der Waals surface area contributed by atoms with Gasteiger partial charge < -0.3 is 0 Å². The average molecular weight is 429 g/mol. The summed E-state index contributed by atoms with van der Waals surface area (Å²) >= 11 is 9.74. The molecule has 0 aliphatic rings. The van der Waals surface area contributed by atoms with Crippen molar-refractivity contribution < 1.29 is 4.79 Å². The maximum Gasteiger partial charge on any atom is 0.257 e. The van der Waals surface area contributed by atoms with Gasteiger partial charge in [-0.1, -0.05) is 22.9 Å². The number of anilines is 1. The molecular formula is C15H10ClIN2OS. The van der Waals surface area contributed by atoms with Crippen LogP contribution in [-0.4, -0.2) is 10.9 Å². The van der Waals surface area contributed by atoms with E-state index in [1.54, 1.807) is 12.1 Å². The molecule has 21 heavy (non-hydrogen) atoms. The zero-order valence-electron chi connectivity index (χ0n) is 11.0. The molecule has 2 aromatic carbocycles. The summed E-state index contributed by atoms with van der Waals surface area (Å²) in [6, 6.07) is 11.2. The molecule has 0 fully saturated rings. The number of fused-ring (bicyclic) bond motifs is 1. The monoisotopic (exact) mass is 428 g/mol. The molecule has 1 amide bonds. The van der Waals surface area contributed by atoms with E-state index in [2.05, 4.69) is 32.9 Å². The minimum absolute atomic E-state index is 0.159. The Morgan fingerprint density at radius 1 is 1.29 bits per heavy atom. The molecule has 106 valence electrons. The lowest BCUT2D eigenvalue weighted by Crippen LogP contribution is -2.11. The Hall–Kier alpha value is -1.18. The van der Waals surface area contributed by atoms with Crippen LogP contribution in [0.3, 0.4) is 0 Å². The molecule has 0 atom stereocenters. The predicted molar refractivity (Wildman–Crippen MR) is 96.5 cm³/mol. The maximum absolute atomic E-state index is 12.2. The average Bonchev–Trinajstić information content (AvgIpc) is 2.81. The SMILES string of the molecule is Cc1cc2sc(NC(=O)c3ccc(I)cc3)nc2cc1Cl. The smallest absolute Gasteiger partial charge is 0.257 e. The second-order valence-electron chi connectivity index (χ2n) is 4.55. The number of thiazole rings is 1. The van der Waals surface area contributed by atoms with Crippen molar-refractivity contribution in [1.82, 2.24) is 4.98 Å². The lowest BCUT2D eigenvalue weighted by atomic mass is 10.2. The minimum Gasteiger partial charge on any atom is -0.298 e. The molecule has 0 unspecified atom stereocenters. The fourth-order valence-electron chi connectivity index (χ4n) is 1.87. The van der Waals surface area contributed by atoms with Gasteiger partial charge in [0.25, 0.3) is 5.91 Å². The Morgan fingerprint density at radius 3 is 2.71 bits per heavy atom. The molecule has 0 aliphatic heterocycles. The van der Waals surface area contributed by atoms with Gasteiger partial charge in [-0.25, -0.2) is 4.98 Å². The van der Waals surface area contributed by atoms with E-state index in [4.69, 9.17) is 11.6 Å². The van der Waals surface area contributed by atoms with Crippen molar-refractivity contribution in [2.75, 3.05) is 5.32 Å². The lowest BCUT2D eigenvalue weighted by molar-refractivity contribution is 0.102. The fourth-order valence-corrected chi connectivity index (χ4v) is 3.33. The number of amides is 1. The standard InChI is InChI=1S/C15H10ClIN2OS/c1-8-6-13-12(7-11(8)16)18-15(21-13)19-14(20)9-2-4-10(17)5-3-9/h2-7H,1H3,(H,18,19,20). The fraction of sp³-hybridized carbons (Fsp3) is 0.0667. The molecule has 0 spiro atoms. The van der Waals surface area contributed by atoms with Crippen LogP contribution in [0.25, 0.3) is 10.2 Å². The molecule has 3 aromatic rings. The van der Waals surface area contributed by atoms with E-state index in [1.165, 1.54) is 11.3 Å². The van der Waals surface area contributed by atoms with Crippen molar-refractivity contribution in [3.8, 4) is 0 Å². The first-order valence-electron chi connectivity index (χ1n) is 6.16. The summed E-state index contributed by atoms with van der Waals surface area (Å²) in [7, 11) is 0. The molecule has 3 rings (SSSR count). The van der Waals surface area contributed by atoms with Gasteiger partial charge in [0.15, 0.2) is 5.13 Å². The molecule has 0 bridgehead atoms. The number of carbonyl (C=O) groups is 1. The summed E-state index contributed by atoms with van der Waals surface area (Å²) in [5, 5.41) is 4.09. The molecule has 0 radical (unpaired) electrons. The summed E-state index contributed by atoms with van der Waals surface area (Å²) in [4.78, 5) is 16.6. The zero-order valence-corrected chi connectivity index (χ0v) is 14.7. The van der Waals surface area contributed by atoms with E-state index in [-0.39, 0.29) is 5.91 Å². The van der Waals surface area contributed by atoms with Gasteiger partial charge in [0.05, 0.1) is 10.2 Å². The van der Waals surface area contributed by atoms with Crippen LogP contribution in [0.4, 0.5) is 5.13 Å². The van der Waals surface area contributed by atoms with Crippen LogP contribution in [0.1, 0.15) is 15.9 Å².